The van der Waals surface area contributed by atoms with E-state index in [-0.39, 0.29) is 5.56 Å². The topological polar surface area (TPSA) is 43.1 Å². The second-order valence-corrected chi connectivity index (χ2v) is 4.18. The molecule has 0 aliphatic carbocycles. The molecular weight excluding hydrogens is 231 g/mol. The van der Waals surface area contributed by atoms with Gasteiger partial charge in [0.05, 0.1) is 11.1 Å². The fraction of sp³-hybridized carbons (Fsp3) is 0.417. The Labute approximate surface area is 97.6 Å². The number of ketones is 1. The Morgan fingerprint density at radius 3 is 2.41 bits per heavy atom. The smallest absolute Gasteiger partial charge is 0.319 e. The first-order valence-electron chi connectivity index (χ1n) is 5.19. The van der Waals surface area contributed by atoms with Gasteiger partial charge in [0, 0.05) is 5.56 Å². The van der Waals surface area contributed by atoms with Crippen molar-refractivity contribution in [3.63, 3.8) is 0 Å². The van der Waals surface area contributed by atoms with Crippen LogP contribution in [0.5, 0.6) is 0 Å². The quantitative estimate of drug-likeness (QED) is 0.832. The normalized spacial score (nSPS) is 15.4. The molecule has 1 aromatic carbocycles. The maximum absolute atomic E-state index is 12.5. The molecule has 1 aromatic rings. The van der Waals surface area contributed by atoms with Crippen LogP contribution in [0.2, 0.25) is 0 Å². The molecule has 0 saturated heterocycles. The number of benzene rings is 1. The summed E-state index contributed by atoms with van der Waals surface area (Å²) in [6.45, 7) is 3.22. The van der Waals surface area contributed by atoms with Crippen molar-refractivity contribution in [1.82, 2.24) is 0 Å². The molecule has 0 fully saturated rings. The van der Waals surface area contributed by atoms with Gasteiger partial charge < -0.3 is 5.73 Å². The molecule has 5 heteroatoms. The van der Waals surface area contributed by atoms with Crippen molar-refractivity contribution >= 4 is 5.78 Å². The molecule has 0 heterocycles. The van der Waals surface area contributed by atoms with Crippen LogP contribution in [0, 0.1) is 0 Å². The minimum atomic E-state index is -4.45. The molecule has 0 spiro atoms. The van der Waals surface area contributed by atoms with Gasteiger partial charge in [0.15, 0.2) is 5.78 Å². The number of hydrogen-bond donors (Lipinski definition) is 1. The first-order chi connectivity index (χ1) is 7.68. The van der Waals surface area contributed by atoms with Gasteiger partial charge in [-0.3, -0.25) is 4.79 Å². The Balaban J connectivity index is 3.13. The van der Waals surface area contributed by atoms with Crippen molar-refractivity contribution in [2.75, 3.05) is 0 Å². The van der Waals surface area contributed by atoms with Crippen LogP contribution < -0.4 is 5.73 Å². The standard InChI is InChI=1S/C12H14F3NO/c1-3-11(2,16)10(17)8-5-4-6-9(7-8)12(13,14)15/h4-7H,3,16H2,1-2H3. The van der Waals surface area contributed by atoms with E-state index in [0.29, 0.717) is 6.42 Å². The first-order valence-corrected chi connectivity index (χ1v) is 5.19. The first kappa shape index (κ1) is 13.7. The van der Waals surface area contributed by atoms with Crippen LogP contribution >= 0.6 is 0 Å². The van der Waals surface area contributed by atoms with Crippen LogP contribution in [0.4, 0.5) is 13.2 Å². The highest BCUT2D eigenvalue weighted by Gasteiger charge is 2.33. The number of halogens is 3. The molecule has 17 heavy (non-hydrogen) atoms. The molecule has 1 rings (SSSR count). The molecule has 1 atom stereocenters. The molecular formula is C12H14F3NO. The Kier molecular flexibility index (Phi) is 3.62. The van der Waals surface area contributed by atoms with Crippen molar-refractivity contribution in [1.29, 1.82) is 0 Å². The van der Waals surface area contributed by atoms with E-state index in [1.165, 1.54) is 19.1 Å². The fourth-order valence-electron chi connectivity index (χ4n) is 1.33. The predicted octanol–water partition coefficient (Wildman–Crippen LogP) is 3.02. The van der Waals surface area contributed by atoms with Gasteiger partial charge in [-0.05, 0) is 25.5 Å². The zero-order valence-corrected chi connectivity index (χ0v) is 9.64. The van der Waals surface area contributed by atoms with Crippen molar-refractivity contribution in [2.45, 2.75) is 32.0 Å². The number of carbonyl (C=O) groups is 1. The number of alkyl halides is 3. The van der Waals surface area contributed by atoms with Gasteiger partial charge in [-0.15, -0.1) is 0 Å². The summed E-state index contributed by atoms with van der Waals surface area (Å²) >= 11 is 0. The third-order valence-electron chi connectivity index (χ3n) is 2.71. The minimum Gasteiger partial charge on any atom is -0.319 e. The van der Waals surface area contributed by atoms with E-state index in [4.69, 9.17) is 5.73 Å². The number of carbonyl (C=O) groups excluding carboxylic acids is 1. The Bertz CT molecular complexity index is 424. The maximum atomic E-state index is 12.5. The van der Waals surface area contributed by atoms with Crippen LogP contribution in [-0.4, -0.2) is 11.3 Å². The Hall–Kier alpha value is -1.36. The third kappa shape index (κ3) is 3.06. The number of Topliss-reactive ketones (excluding diaryl/α,β-unsaturated/α-hetero) is 1. The predicted molar refractivity (Wildman–Crippen MR) is 58.7 cm³/mol. The van der Waals surface area contributed by atoms with Gasteiger partial charge in [-0.25, -0.2) is 0 Å². The summed E-state index contributed by atoms with van der Waals surface area (Å²) in [5.74, 6) is -0.480. The zero-order valence-electron chi connectivity index (χ0n) is 9.64. The van der Waals surface area contributed by atoms with Gasteiger partial charge in [0.2, 0.25) is 0 Å². The summed E-state index contributed by atoms with van der Waals surface area (Å²) in [4.78, 5) is 11.9. The molecule has 0 amide bonds. The monoisotopic (exact) mass is 245 g/mol. The molecule has 0 aliphatic rings. The highest BCUT2D eigenvalue weighted by atomic mass is 19.4. The van der Waals surface area contributed by atoms with E-state index in [0.717, 1.165) is 12.1 Å². The van der Waals surface area contributed by atoms with Crippen LogP contribution in [0.1, 0.15) is 36.2 Å². The van der Waals surface area contributed by atoms with Crippen LogP contribution in [0.25, 0.3) is 0 Å². The number of rotatable bonds is 3. The minimum absolute atomic E-state index is 0.00771. The van der Waals surface area contributed by atoms with E-state index in [2.05, 4.69) is 0 Å². The lowest BCUT2D eigenvalue weighted by atomic mass is 9.89. The molecule has 0 saturated carbocycles. The average molecular weight is 245 g/mol. The van der Waals surface area contributed by atoms with E-state index < -0.39 is 23.1 Å². The van der Waals surface area contributed by atoms with Crippen molar-refractivity contribution in [2.24, 2.45) is 5.73 Å². The molecule has 1 unspecified atom stereocenters. The third-order valence-corrected chi connectivity index (χ3v) is 2.71. The van der Waals surface area contributed by atoms with Gasteiger partial charge in [0.25, 0.3) is 0 Å². The second-order valence-electron chi connectivity index (χ2n) is 4.18. The second kappa shape index (κ2) is 4.49. The molecule has 0 aliphatic heterocycles. The summed E-state index contributed by atoms with van der Waals surface area (Å²) in [6, 6.07) is 4.32. The fourth-order valence-corrected chi connectivity index (χ4v) is 1.33. The highest BCUT2D eigenvalue weighted by molar-refractivity contribution is 6.02. The molecule has 2 nitrogen and oxygen atoms in total. The van der Waals surface area contributed by atoms with Gasteiger partial charge in [-0.1, -0.05) is 19.1 Å². The summed E-state index contributed by atoms with van der Waals surface area (Å²) in [6.07, 6.45) is -4.09. The molecule has 0 aromatic heterocycles. The molecule has 94 valence electrons. The largest absolute Gasteiger partial charge is 0.416 e. The zero-order chi connectivity index (χ0) is 13.3. The summed E-state index contributed by atoms with van der Waals surface area (Å²) < 4.78 is 37.4. The van der Waals surface area contributed by atoms with Gasteiger partial charge in [0.1, 0.15) is 0 Å². The lowest BCUT2D eigenvalue weighted by molar-refractivity contribution is -0.137. The van der Waals surface area contributed by atoms with E-state index in [1.807, 2.05) is 0 Å². The molecule has 2 N–H and O–H groups in total. The van der Waals surface area contributed by atoms with Crippen LogP contribution in [0.3, 0.4) is 0 Å². The van der Waals surface area contributed by atoms with Crippen molar-refractivity contribution in [3.05, 3.63) is 35.4 Å². The summed E-state index contributed by atoms with van der Waals surface area (Å²) in [5.41, 5.74) is 3.74. The van der Waals surface area contributed by atoms with Crippen molar-refractivity contribution in [3.8, 4) is 0 Å². The van der Waals surface area contributed by atoms with Gasteiger partial charge >= 0.3 is 6.18 Å². The van der Waals surface area contributed by atoms with Gasteiger partial charge in [-0.2, -0.15) is 13.2 Å². The molecule has 0 radical (unpaired) electrons. The van der Waals surface area contributed by atoms with Crippen LogP contribution in [0.15, 0.2) is 24.3 Å². The van der Waals surface area contributed by atoms with Crippen LogP contribution in [-0.2, 0) is 6.18 Å². The lowest BCUT2D eigenvalue weighted by Gasteiger charge is -2.21. The summed E-state index contributed by atoms with van der Waals surface area (Å²) in [5, 5.41) is 0. The summed E-state index contributed by atoms with van der Waals surface area (Å²) in [7, 11) is 0. The Morgan fingerprint density at radius 1 is 1.35 bits per heavy atom. The lowest BCUT2D eigenvalue weighted by Crippen LogP contribution is -2.44. The highest BCUT2D eigenvalue weighted by Crippen LogP contribution is 2.30. The van der Waals surface area contributed by atoms with E-state index in [1.54, 1.807) is 6.92 Å². The Morgan fingerprint density at radius 2 is 1.94 bits per heavy atom. The SMILES string of the molecule is CCC(C)(N)C(=O)c1cccc(C(F)(F)F)c1. The maximum Gasteiger partial charge on any atom is 0.416 e. The van der Waals surface area contributed by atoms with E-state index >= 15 is 0 Å². The van der Waals surface area contributed by atoms with Crippen molar-refractivity contribution < 1.29 is 18.0 Å². The average Bonchev–Trinajstić information content (AvgIpc) is 2.27. The van der Waals surface area contributed by atoms with E-state index in [9.17, 15) is 18.0 Å². The number of nitrogens with two attached hydrogens (primary N) is 1. The number of hydrogen-bond acceptors (Lipinski definition) is 2. The molecule has 0 bridgehead atoms.